The van der Waals surface area contributed by atoms with Gasteiger partial charge >= 0.3 is 0 Å². The van der Waals surface area contributed by atoms with E-state index >= 15 is 0 Å². The monoisotopic (exact) mass is 226 g/mol. The molecular formula is C11H15FN2O2. The molecule has 1 atom stereocenters. The zero-order valence-corrected chi connectivity index (χ0v) is 9.07. The third kappa shape index (κ3) is 4.27. The minimum atomic E-state index is -0.351. The van der Waals surface area contributed by atoms with Gasteiger partial charge in [-0.25, -0.2) is 4.39 Å². The van der Waals surface area contributed by atoms with Crippen LogP contribution in [-0.2, 0) is 4.79 Å². The molecule has 0 bridgehead atoms. The minimum Gasteiger partial charge on any atom is -0.489 e. The van der Waals surface area contributed by atoms with Crippen LogP contribution in [0.4, 0.5) is 4.39 Å². The number of amides is 1. The van der Waals surface area contributed by atoms with Crippen LogP contribution in [0.2, 0.25) is 0 Å². The summed E-state index contributed by atoms with van der Waals surface area (Å²) in [6.07, 6.45) is -0.239. The molecule has 4 nitrogen and oxygen atoms in total. The molecule has 3 N–H and O–H groups in total. The largest absolute Gasteiger partial charge is 0.489 e. The van der Waals surface area contributed by atoms with Gasteiger partial charge in [0, 0.05) is 6.07 Å². The van der Waals surface area contributed by atoms with Gasteiger partial charge in [0.15, 0.2) is 0 Å². The minimum absolute atomic E-state index is 0.0489. The SMILES string of the molecule is CC(CNC(=O)CN)Oc1cccc(F)c1. The second-order valence-corrected chi connectivity index (χ2v) is 3.39. The van der Waals surface area contributed by atoms with Crippen LogP contribution < -0.4 is 15.8 Å². The molecule has 5 heteroatoms. The van der Waals surface area contributed by atoms with Crippen LogP contribution in [0, 0.1) is 5.82 Å². The normalized spacial score (nSPS) is 11.9. The first-order valence-corrected chi connectivity index (χ1v) is 5.01. The van der Waals surface area contributed by atoms with Crippen molar-refractivity contribution >= 4 is 5.91 Å². The van der Waals surface area contributed by atoms with Gasteiger partial charge in [-0.3, -0.25) is 4.79 Å². The molecule has 1 aromatic rings. The molecule has 1 rings (SSSR count). The summed E-state index contributed by atoms with van der Waals surface area (Å²) in [6.45, 7) is 2.07. The van der Waals surface area contributed by atoms with Gasteiger partial charge in [0.1, 0.15) is 17.7 Å². The summed E-state index contributed by atoms with van der Waals surface area (Å²) in [4.78, 5) is 10.9. The van der Waals surface area contributed by atoms with Crippen molar-refractivity contribution in [1.82, 2.24) is 5.32 Å². The summed E-state index contributed by atoms with van der Waals surface area (Å²) < 4.78 is 18.2. The van der Waals surface area contributed by atoms with Crippen LogP contribution in [0.1, 0.15) is 6.92 Å². The molecule has 16 heavy (non-hydrogen) atoms. The van der Waals surface area contributed by atoms with Crippen LogP contribution in [0.3, 0.4) is 0 Å². The molecule has 1 aromatic carbocycles. The van der Waals surface area contributed by atoms with Gasteiger partial charge in [-0.15, -0.1) is 0 Å². The highest BCUT2D eigenvalue weighted by Gasteiger charge is 2.06. The van der Waals surface area contributed by atoms with Crippen LogP contribution in [-0.4, -0.2) is 25.1 Å². The van der Waals surface area contributed by atoms with Crippen LogP contribution in [0.5, 0.6) is 5.75 Å². The number of rotatable bonds is 5. The maximum atomic E-state index is 12.8. The summed E-state index contributed by atoms with van der Waals surface area (Å²) in [5.74, 6) is -0.153. The lowest BCUT2D eigenvalue weighted by Crippen LogP contribution is -2.37. The predicted octanol–water partition coefficient (Wildman–Crippen LogP) is 0.668. The lowest BCUT2D eigenvalue weighted by atomic mass is 10.3. The number of hydrogen-bond acceptors (Lipinski definition) is 3. The Bertz CT molecular complexity index is 358. The number of nitrogens with one attached hydrogen (secondary N) is 1. The molecule has 0 saturated carbocycles. The highest BCUT2D eigenvalue weighted by atomic mass is 19.1. The topological polar surface area (TPSA) is 64.4 Å². The number of benzene rings is 1. The zero-order chi connectivity index (χ0) is 12.0. The molecule has 0 aliphatic rings. The highest BCUT2D eigenvalue weighted by Crippen LogP contribution is 2.13. The fourth-order valence-corrected chi connectivity index (χ4v) is 1.14. The Morgan fingerprint density at radius 3 is 3.00 bits per heavy atom. The summed E-state index contributed by atoms with van der Waals surface area (Å²) >= 11 is 0. The lowest BCUT2D eigenvalue weighted by Gasteiger charge is -2.15. The second kappa shape index (κ2) is 6.07. The molecule has 0 aliphatic heterocycles. The smallest absolute Gasteiger partial charge is 0.233 e. The third-order valence-corrected chi connectivity index (χ3v) is 1.91. The van der Waals surface area contributed by atoms with E-state index in [1.807, 2.05) is 0 Å². The molecule has 1 unspecified atom stereocenters. The molecule has 0 radical (unpaired) electrons. The van der Waals surface area contributed by atoms with Crippen molar-refractivity contribution < 1.29 is 13.9 Å². The van der Waals surface area contributed by atoms with Gasteiger partial charge in [0.05, 0.1) is 13.1 Å². The fourth-order valence-electron chi connectivity index (χ4n) is 1.14. The van der Waals surface area contributed by atoms with Gasteiger partial charge in [-0.2, -0.15) is 0 Å². The van der Waals surface area contributed by atoms with E-state index in [-0.39, 0.29) is 24.4 Å². The summed E-state index contributed by atoms with van der Waals surface area (Å²) in [5, 5.41) is 2.58. The average molecular weight is 226 g/mol. The second-order valence-electron chi connectivity index (χ2n) is 3.39. The number of carbonyl (C=O) groups excluding carboxylic acids is 1. The van der Waals surface area contributed by atoms with Crippen molar-refractivity contribution in [3.8, 4) is 5.75 Å². The standard InChI is InChI=1S/C11H15FN2O2/c1-8(7-14-11(15)6-13)16-10-4-2-3-9(12)5-10/h2-5,8H,6-7,13H2,1H3,(H,14,15). The number of hydrogen-bond donors (Lipinski definition) is 2. The summed E-state index contributed by atoms with van der Waals surface area (Å²) in [7, 11) is 0. The van der Waals surface area contributed by atoms with Crippen molar-refractivity contribution in [2.45, 2.75) is 13.0 Å². The van der Waals surface area contributed by atoms with Crippen molar-refractivity contribution in [3.63, 3.8) is 0 Å². The third-order valence-electron chi connectivity index (χ3n) is 1.91. The van der Waals surface area contributed by atoms with Gasteiger partial charge in [-0.05, 0) is 19.1 Å². The van der Waals surface area contributed by atoms with E-state index in [1.165, 1.54) is 12.1 Å². The quantitative estimate of drug-likeness (QED) is 0.775. The van der Waals surface area contributed by atoms with E-state index in [2.05, 4.69) is 5.32 Å². The molecule has 1 amide bonds. The summed E-state index contributed by atoms with van der Waals surface area (Å²) in [6, 6.07) is 5.86. The van der Waals surface area contributed by atoms with E-state index in [9.17, 15) is 9.18 Å². The summed E-state index contributed by atoms with van der Waals surface area (Å²) in [5.41, 5.74) is 5.13. The molecule has 0 saturated heterocycles. The Morgan fingerprint density at radius 2 is 2.38 bits per heavy atom. The van der Waals surface area contributed by atoms with Gasteiger partial charge < -0.3 is 15.8 Å². The molecular weight excluding hydrogens is 211 g/mol. The Kier molecular flexibility index (Phi) is 4.72. The molecule has 0 aliphatic carbocycles. The Labute approximate surface area is 93.6 Å². The molecule has 88 valence electrons. The molecule has 0 aromatic heterocycles. The van der Waals surface area contributed by atoms with Crippen LogP contribution in [0.15, 0.2) is 24.3 Å². The zero-order valence-electron chi connectivity index (χ0n) is 9.07. The maximum absolute atomic E-state index is 12.8. The Balaban J connectivity index is 2.39. The molecule has 0 spiro atoms. The predicted molar refractivity (Wildman–Crippen MR) is 58.6 cm³/mol. The van der Waals surface area contributed by atoms with E-state index < -0.39 is 0 Å². The number of carbonyl (C=O) groups is 1. The van der Waals surface area contributed by atoms with E-state index in [0.29, 0.717) is 12.3 Å². The molecule has 0 heterocycles. The van der Waals surface area contributed by atoms with E-state index in [1.54, 1.807) is 19.1 Å². The average Bonchev–Trinajstić information content (AvgIpc) is 2.26. The lowest BCUT2D eigenvalue weighted by molar-refractivity contribution is -0.120. The van der Waals surface area contributed by atoms with Gasteiger partial charge in [0.25, 0.3) is 0 Å². The van der Waals surface area contributed by atoms with Gasteiger partial charge in [-0.1, -0.05) is 6.07 Å². The van der Waals surface area contributed by atoms with Crippen molar-refractivity contribution in [1.29, 1.82) is 0 Å². The van der Waals surface area contributed by atoms with E-state index in [4.69, 9.17) is 10.5 Å². The fraction of sp³-hybridized carbons (Fsp3) is 0.364. The number of ether oxygens (including phenoxy) is 1. The van der Waals surface area contributed by atoms with E-state index in [0.717, 1.165) is 0 Å². The van der Waals surface area contributed by atoms with Crippen molar-refractivity contribution in [2.24, 2.45) is 5.73 Å². The van der Waals surface area contributed by atoms with Gasteiger partial charge in [0.2, 0.25) is 5.91 Å². The number of nitrogens with two attached hydrogens (primary N) is 1. The first-order chi connectivity index (χ1) is 7.61. The van der Waals surface area contributed by atoms with Crippen LogP contribution >= 0.6 is 0 Å². The molecule has 0 fully saturated rings. The van der Waals surface area contributed by atoms with Crippen molar-refractivity contribution in [3.05, 3.63) is 30.1 Å². The van der Waals surface area contributed by atoms with Crippen LogP contribution in [0.25, 0.3) is 0 Å². The van der Waals surface area contributed by atoms with Crippen molar-refractivity contribution in [2.75, 3.05) is 13.1 Å². The Morgan fingerprint density at radius 1 is 1.62 bits per heavy atom. The maximum Gasteiger partial charge on any atom is 0.233 e. The Hall–Kier alpha value is -1.62. The number of halogens is 1. The highest BCUT2D eigenvalue weighted by molar-refractivity contribution is 5.77. The first-order valence-electron chi connectivity index (χ1n) is 5.01. The first kappa shape index (κ1) is 12.4.